The number of benzene rings is 2. The molecule has 1 fully saturated rings. The van der Waals surface area contributed by atoms with Crippen LogP contribution in [0.2, 0.25) is 0 Å². The topological polar surface area (TPSA) is 76.3 Å². The molecular weight excluding hydrogens is 422 g/mol. The number of Topliss-reactive ketones (excluding diaryl/α,β-unsaturated/α-hetero) is 1. The number of carbonyl (C=O) groups excluding carboxylic acids is 2. The molecule has 0 radical (unpaired) electrons. The summed E-state index contributed by atoms with van der Waals surface area (Å²) in [5.41, 5.74) is 10.2. The number of nitrogens with zero attached hydrogens (tertiary/aromatic N) is 2. The summed E-state index contributed by atoms with van der Waals surface area (Å²) in [5, 5.41) is 0. The molecule has 166 valence electrons. The lowest BCUT2D eigenvalue weighted by atomic mass is 9.88. The molecule has 0 aliphatic carbocycles. The average molecular weight is 450 g/mol. The van der Waals surface area contributed by atoms with Crippen LogP contribution in [0.4, 0.5) is 0 Å². The summed E-state index contributed by atoms with van der Waals surface area (Å²) < 4.78 is 0. The fraction of sp³-hybridized carbons (Fsp3) is 0.269. The zero-order chi connectivity index (χ0) is 21.6. The summed E-state index contributed by atoms with van der Waals surface area (Å²) >= 11 is 0. The highest BCUT2D eigenvalue weighted by Crippen LogP contribution is 2.29. The number of hydrogen-bond donors (Lipinski definition) is 1. The van der Waals surface area contributed by atoms with Crippen LogP contribution in [-0.2, 0) is 13.0 Å². The summed E-state index contributed by atoms with van der Waals surface area (Å²) in [5.74, 6) is 0.451. The van der Waals surface area contributed by atoms with Crippen molar-refractivity contribution in [2.45, 2.75) is 31.7 Å². The van der Waals surface area contributed by atoms with Crippen LogP contribution in [0.15, 0.2) is 73.1 Å². The summed E-state index contributed by atoms with van der Waals surface area (Å²) in [6, 6.07) is 19.4. The fourth-order valence-corrected chi connectivity index (χ4v) is 4.19. The molecule has 1 aliphatic rings. The lowest BCUT2D eigenvalue weighted by Gasteiger charge is -2.32. The molecule has 0 saturated carbocycles. The van der Waals surface area contributed by atoms with Crippen LogP contribution in [0.25, 0.3) is 0 Å². The minimum Gasteiger partial charge on any atom is -0.339 e. The third-order valence-electron chi connectivity index (χ3n) is 5.94. The average Bonchev–Trinajstić information content (AvgIpc) is 2.84. The van der Waals surface area contributed by atoms with E-state index in [9.17, 15) is 9.59 Å². The molecular formula is C26H28ClN3O2. The maximum absolute atomic E-state index is 13.0. The highest BCUT2D eigenvalue weighted by Gasteiger charge is 2.25. The predicted molar refractivity (Wildman–Crippen MR) is 128 cm³/mol. The second-order valence-corrected chi connectivity index (χ2v) is 8.06. The molecule has 4 rings (SSSR count). The van der Waals surface area contributed by atoms with Crippen LogP contribution < -0.4 is 5.73 Å². The number of rotatable bonds is 6. The molecule has 2 N–H and O–H groups in total. The van der Waals surface area contributed by atoms with E-state index >= 15 is 0 Å². The summed E-state index contributed by atoms with van der Waals surface area (Å²) in [6.45, 7) is 1.97. The van der Waals surface area contributed by atoms with Gasteiger partial charge in [0.15, 0.2) is 5.78 Å². The van der Waals surface area contributed by atoms with Crippen LogP contribution >= 0.6 is 12.4 Å². The van der Waals surface area contributed by atoms with Gasteiger partial charge in [-0.2, -0.15) is 0 Å². The second-order valence-electron chi connectivity index (χ2n) is 8.06. The van der Waals surface area contributed by atoms with Gasteiger partial charge in [0.25, 0.3) is 5.91 Å². The molecule has 3 aromatic rings. The third-order valence-corrected chi connectivity index (χ3v) is 5.94. The van der Waals surface area contributed by atoms with Crippen molar-refractivity contribution in [3.05, 3.63) is 101 Å². The monoisotopic (exact) mass is 449 g/mol. The molecule has 2 heterocycles. The van der Waals surface area contributed by atoms with Gasteiger partial charge in [-0.25, -0.2) is 0 Å². The van der Waals surface area contributed by atoms with E-state index in [0.29, 0.717) is 36.7 Å². The molecule has 0 unspecified atom stereocenters. The minimum atomic E-state index is -0.0179. The number of pyridine rings is 1. The standard InChI is InChI=1S/C26H27N3O2.ClH/c27-16-19-5-4-8-23(13-19)21-9-11-29(12-10-21)26(31)24-14-20(17-28-18-24)15-25(30)22-6-2-1-3-7-22;/h1-8,13-14,17-18,21H,9-12,15-16,27H2;1H. The second kappa shape index (κ2) is 11.0. The van der Waals surface area contributed by atoms with Crippen LogP contribution in [0.5, 0.6) is 0 Å². The van der Waals surface area contributed by atoms with Crippen molar-refractivity contribution in [1.82, 2.24) is 9.88 Å². The first-order chi connectivity index (χ1) is 15.1. The third kappa shape index (κ3) is 5.61. The number of aromatic nitrogens is 1. The largest absolute Gasteiger partial charge is 0.339 e. The number of nitrogens with two attached hydrogens (primary N) is 1. The Morgan fingerprint density at radius 1 is 0.906 bits per heavy atom. The van der Waals surface area contributed by atoms with Crippen LogP contribution in [0.3, 0.4) is 0 Å². The van der Waals surface area contributed by atoms with E-state index in [0.717, 1.165) is 24.0 Å². The van der Waals surface area contributed by atoms with Crippen LogP contribution in [0.1, 0.15) is 56.2 Å². The Hall–Kier alpha value is -3.02. The Morgan fingerprint density at radius 2 is 1.66 bits per heavy atom. The van der Waals surface area contributed by atoms with Gasteiger partial charge in [0, 0.05) is 44.0 Å². The van der Waals surface area contributed by atoms with Gasteiger partial charge in [0.05, 0.1) is 5.56 Å². The maximum Gasteiger partial charge on any atom is 0.255 e. The van der Waals surface area contributed by atoms with Gasteiger partial charge in [-0.1, -0.05) is 54.6 Å². The fourth-order valence-electron chi connectivity index (χ4n) is 4.19. The Morgan fingerprint density at radius 3 is 2.38 bits per heavy atom. The maximum atomic E-state index is 13.0. The normalized spacial score (nSPS) is 14.0. The Bertz CT molecular complexity index is 1060. The zero-order valence-electron chi connectivity index (χ0n) is 17.9. The van der Waals surface area contributed by atoms with E-state index in [4.69, 9.17) is 5.73 Å². The zero-order valence-corrected chi connectivity index (χ0v) is 18.8. The summed E-state index contributed by atoms with van der Waals surface area (Å²) in [4.78, 5) is 31.6. The Balaban J connectivity index is 0.00000289. The van der Waals surface area contributed by atoms with Gasteiger partial charge in [-0.3, -0.25) is 14.6 Å². The first kappa shape index (κ1) is 23.6. The van der Waals surface area contributed by atoms with Crippen molar-refractivity contribution in [2.24, 2.45) is 5.73 Å². The number of hydrogen-bond acceptors (Lipinski definition) is 4. The van der Waals surface area contributed by atoms with Gasteiger partial charge < -0.3 is 10.6 Å². The molecule has 32 heavy (non-hydrogen) atoms. The van der Waals surface area contributed by atoms with Crippen molar-refractivity contribution >= 4 is 24.1 Å². The van der Waals surface area contributed by atoms with Crippen LogP contribution in [-0.4, -0.2) is 34.7 Å². The lowest BCUT2D eigenvalue weighted by Crippen LogP contribution is -2.38. The minimum absolute atomic E-state index is 0. The van der Waals surface area contributed by atoms with E-state index in [2.05, 4.69) is 23.2 Å². The van der Waals surface area contributed by atoms with E-state index in [1.165, 1.54) is 5.56 Å². The molecule has 2 aromatic carbocycles. The molecule has 0 spiro atoms. The van der Waals surface area contributed by atoms with Gasteiger partial charge >= 0.3 is 0 Å². The van der Waals surface area contributed by atoms with Gasteiger partial charge in [-0.05, 0) is 41.5 Å². The van der Waals surface area contributed by atoms with Crippen molar-refractivity contribution in [1.29, 1.82) is 0 Å². The quantitative estimate of drug-likeness (QED) is 0.565. The molecule has 0 bridgehead atoms. The van der Waals surface area contributed by atoms with E-state index in [-0.39, 0.29) is 30.5 Å². The van der Waals surface area contributed by atoms with Crippen molar-refractivity contribution < 1.29 is 9.59 Å². The smallest absolute Gasteiger partial charge is 0.255 e. The molecule has 6 heteroatoms. The first-order valence-corrected chi connectivity index (χ1v) is 10.7. The molecule has 1 aliphatic heterocycles. The van der Waals surface area contributed by atoms with E-state index < -0.39 is 0 Å². The van der Waals surface area contributed by atoms with E-state index in [1.807, 2.05) is 29.2 Å². The van der Waals surface area contributed by atoms with Crippen molar-refractivity contribution in [3.63, 3.8) is 0 Å². The van der Waals surface area contributed by atoms with E-state index in [1.54, 1.807) is 30.6 Å². The lowest BCUT2D eigenvalue weighted by molar-refractivity contribution is 0.0712. The molecule has 5 nitrogen and oxygen atoms in total. The van der Waals surface area contributed by atoms with Gasteiger partial charge in [-0.15, -0.1) is 12.4 Å². The highest BCUT2D eigenvalue weighted by molar-refractivity contribution is 5.98. The summed E-state index contributed by atoms with van der Waals surface area (Å²) in [6.07, 6.45) is 5.35. The number of amides is 1. The summed E-state index contributed by atoms with van der Waals surface area (Å²) in [7, 11) is 0. The van der Waals surface area contributed by atoms with Crippen molar-refractivity contribution in [3.8, 4) is 0 Å². The Labute approximate surface area is 195 Å². The van der Waals surface area contributed by atoms with Crippen LogP contribution in [0, 0.1) is 0 Å². The number of likely N-dealkylation sites (tertiary alicyclic amines) is 1. The molecule has 1 amide bonds. The molecule has 1 aromatic heterocycles. The Kier molecular flexibility index (Phi) is 8.14. The number of piperidine rings is 1. The predicted octanol–water partition coefficient (Wildman–Crippen LogP) is 4.41. The number of ketones is 1. The van der Waals surface area contributed by atoms with Crippen molar-refractivity contribution in [2.75, 3.05) is 13.1 Å². The molecule has 0 atom stereocenters. The number of halogens is 1. The molecule has 1 saturated heterocycles. The number of carbonyl (C=O) groups is 2. The van der Waals surface area contributed by atoms with Gasteiger partial charge in [0.1, 0.15) is 0 Å². The SMILES string of the molecule is Cl.NCc1cccc(C2CCN(C(=O)c3cncc(CC(=O)c4ccccc4)c3)CC2)c1. The first-order valence-electron chi connectivity index (χ1n) is 10.7. The van der Waals surface area contributed by atoms with Gasteiger partial charge in [0.2, 0.25) is 0 Å². The highest BCUT2D eigenvalue weighted by atomic mass is 35.5.